The molecule has 3 heteroatoms. The third-order valence-corrected chi connectivity index (χ3v) is 4.21. The Labute approximate surface area is 129 Å². The van der Waals surface area contributed by atoms with Crippen molar-refractivity contribution in [2.45, 2.75) is 0 Å². The van der Waals surface area contributed by atoms with Crippen LogP contribution < -0.4 is 0 Å². The van der Waals surface area contributed by atoms with E-state index < -0.39 is 0 Å². The number of hydrogen-bond acceptors (Lipinski definition) is 0. The lowest BCUT2D eigenvalue weighted by atomic mass is 10.2. The molecule has 102 valence electrons. The number of aromatic nitrogens is 1. The molecule has 0 amide bonds. The lowest BCUT2D eigenvalue weighted by Gasteiger charge is -2.07. The number of rotatable bonds is 1. The summed E-state index contributed by atoms with van der Waals surface area (Å²) in [4.78, 5) is 0. The van der Waals surface area contributed by atoms with Gasteiger partial charge in [-0.05, 0) is 48.5 Å². The summed E-state index contributed by atoms with van der Waals surface area (Å²) in [5.41, 5.74) is 3.20. The number of hydrogen-bond donors (Lipinski definition) is 0. The molecule has 0 aliphatic heterocycles. The Morgan fingerprint density at radius 3 is 2.29 bits per heavy atom. The van der Waals surface area contributed by atoms with Crippen LogP contribution in [0.3, 0.4) is 0 Å². The molecule has 3 aromatic carbocycles. The molecule has 0 spiro atoms. The molecular formula is C18H11BrFN. The summed E-state index contributed by atoms with van der Waals surface area (Å²) in [5, 5.41) is 2.38. The standard InChI is InChI=1S/C18H11BrFN/c19-12-5-10-18-16(11-12)15-3-1-2-4-17(15)21(18)14-8-6-13(20)7-9-14/h1-11H. The second kappa shape index (κ2) is 4.71. The minimum atomic E-state index is -0.220. The van der Waals surface area contributed by atoms with Crippen molar-refractivity contribution in [3.8, 4) is 5.69 Å². The van der Waals surface area contributed by atoms with Gasteiger partial charge in [0.05, 0.1) is 11.0 Å². The Morgan fingerprint density at radius 1 is 0.762 bits per heavy atom. The van der Waals surface area contributed by atoms with Crippen LogP contribution in [-0.2, 0) is 0 Å². The Morgan fingerprint density at radius 2 is 1.48 bits per heavy atom. The highest BCUT2D eigenvalue weighted by Crippen LogP contribution is 2.33. The molecule has 0 radical (unpaired) electrons. The SMILES string of the molecule is Fc1ccc(-n2c3ccccc3c3cc(Br)ccc32)cc1. The Kier molecular flexibility index (Phi) is 2.82. The van der Waals surface area contributed by atoms with E-state index in [2.05, 4.69) is 44.8 Å². The Hall–Kier alpha value is -2.13. The van der Waals surface area contributed by atoms with Gasteiger partial charge in [0.2, 0.25) is 0 Å². The number of fused-ring (bicyclic) bond motifs is 3. The quantitative estimate of drug-likeness (QED) is 0.420. The minimum absolute atomic E-state index is 0.220. The summed E-state index contributed by atoms with van der Waals surface area (Å²) in [7, 11) is 0. The molecule has 0 aliphatic rings. The third kappa shape index (κ3) is 1.96. The van der Waals surface area contributed by atoms with Crippen molar-refractivity contribution in [3.05, 3.63) is 77.0 Å². The van der Waals surface area contributed by atoms with Crippen LogP contribution in [0.5, 0.6) is 0 Å². The first-order valence-corrected chi connectivity index (χ1v) is 7.48. The first-order chi connectivity index (χ1) is 10.2. The first kappa shape index (κ1) is 12.6. The maximum atomic E-state index is 13.2. The van der Waals surface area contributed by atoms with Gasteiger partial charge >= 0.3 is 0 Å². The second-order valence-electron chi connectivity index (χ2n) is 4.99. The largest absolute Gasteiger partial charge is 0.309 e. The fourth-order valence-electron chi connectivity index (χ4n) is 2.81. The molecule has 21 heavy (non-hydrogen) atoms. The summed E-state index contributed by atoms with van der Waals surface area (Å²) in [6.45, 7) is 0. The summed E-state index contributed by atoms with van der Waals surface area (Å²) in [6, 6.07) is 21.1. The van der Waals surface area contributed by atoms with Crippen molar-refractivity contribution in [1.29, 1.82) is 0 Å². The smallest absolute Gasteiger partial charge is 0.123 e. The topological polar surface area (TPSA) is 4.93 Å². The van der Waals surface area contributed by atoms with Crippen LogP contribution >= 0.6 is 15.9 Å². The van der Waals surface area contributed by atoms with Crippen molar-refractivity contribution < 1.29 is 4.39 Å². The minimum Gasteiger partial charge on any atom is -0.309 e. The zero-order valence-corrected chi connectivity index (χ0v) is 12.6. The van der Waals surface area contributed by atoms with Gasteiger partial charge in [0.25, 0.3) is 0 Å². The average Bonchev–Trinajstić information content (AvgIpc) is 2.82. The second-order valence-corrected chi connectivity index (χ2v) is 5.91. The number of nitrogens with zero attached hydrogens (tertiary/aromatic N) is 1. The molecule has 1 heterocycles. The normalized spacial score (nSPS) is 11.3. The van der Waals surface area contributed by atoms with Gasteiger partial charge < -0.3 is 4.57 Å². The molecule has 0 atom stereocenters. The van der Waals surface area contributed by atoms with Crippen LogP contribution in [0.15, 0.2) is 71.2 Å². The van der Waals surface area contributed by atoms with E-state index in [1.165, 1.54) is 22.9 Å². The third-order valence-electron chi connectivity index (χ3n) is 3.72. The van der Waals surface area contributed by atoms with E-state index in [1.807, 2.05) is 30.3 Å². The maximum absolute atomic E-state index is 13.2. The molecule has 0 fully saturated rings. The maximum Gasteiger partial charge on any atom is 0.123 e. The van der Waals surface area contributed by atoms with Crippen LogP contribution in [0, 0.1) is 5.82 Å². The molecule has 4 aromatic rings. The van der Waals surface area contributed by atoms with Gasteiger partial charge in [0.15, 0.2) is 0 Å². The summed E-state index contributed by atoms with van der Waals surface area (Å²) < 4.78 is 16.4. The van der Waals surface area contributed by atoms with Crippen molar-refractivity contribution in [1.82, 2.24) is 4.57 Å². The zero-order valence-electron chi connectivity index (χ0n) is 11.1. The van der Waals surface area contributed by atoms with Crippen molar-refractivity contribution >= 4 is 37.7 Å². The van der Waals surface area contributed by atoms with Gasteiger partial charge in [-0.1, -0.05) is 34.1 Å². The Balaban J connectivity index is 2.17. The molecular weight excluding hydrogens is 329 g/mol. The molecule has 0 N–H and O–H groups in total. The highest BCUT2D eigenvalue weighted by molar-refractivity contribution is 9.10. The zero-order chi connectivity index (χ0) is 14.4. The van der Waals surface area contributed by atoms with Crippen LogP contribution in [0.1, 0.15) is 0 Å². The molecule has 1 aromatic heterocycles. The fourth-order valence-corrected chi connectivity index (χ4v) is 3.17. The molecule has 0 saturated carbocycles. The molecule has 1 nitrogen and oxygen atoms in total. The average molecular weight is 340 g/mol. The monoisotopic (exact) mass is 339 g/mol. The number of benzene rings is 3. The van der Waals surface area contributed by atoms with Crippen LogP contribution in [0.2, 0.25) is 0 Å². The van der Waals surface area contributed by atoms with Crippen LogP contribution in [-0.4, -0.2) is 4.57 Å². The highest BCUT2D eigenvalue weighted by Gasteiger charge is 2.11. The van der Waals surface area contributed by atoms with E-state index in [1.54, 1.807) is 0 Å². The van der Waals surface area contributed by atoms with Gasteiger partial charge in [-0.25, -0.2) is 4.39 Å². The molecule has 0 aliphatic carbocycles. The van der Waals surface area contributed by atoms with Gasteiger partial charge in [-0.2, -0.15) is 0 Å². The summed E-state index contributed by atoms with van der Waals surface area (Å²) >= 11 is 3.53. The fraction of sp³-hybridized carbons (Fsp3) is 0. The summed E-state index contributed by atoms with van der Waals surface area (Å²) in [5.74, 6) is -0.220. The van der Waals surface area contributed by atoms with Crippen molar-refractivity contribution in [2.75, 3.05) is 0 Å². The lowest BCUT2D eigenvalue weighted by molar-refractivity contribution is 0.627. The molecule has 0 bridgehead atoms. The van der Waals surface area contributed by atoms with E-state index in [4.69, 9.17) is 0 Å². The van der Waals surface area contributed by atoms with E-state index in [0.717, 1.165) is 21.2 Å². The predicted octanol–water partition coefficient (Wildman–Crippen LogP) is 5.69. The van der Waals surface area contributed by atoms with Gasteiger partial charge in [0.1, 0.15) is 5.82 Å². The van der Waals surface area contributed by atoms with Gasteiger partial charge in [-0.15, -0.1) is 0 Å². The van der Waals surface area contributed by atoms with Crippen molar-refractivity contribution in [2.24, 2.45) is 0 Å². The number of halogens is 2. The van der Waals surface area contributed by atoms with Crippen LogP contribution in [0.4, 0.5) is 4.39 Å². The summed E-state index contributed by atoms with van der Waals surface area (Å²) in [6.07, 6.45) is 0. The van der Waals surface area contributed by atoms with Gasteiger partial charge in [0, 0.05) is 20.9 Å². The number of para-hydroxylation sites is 1. The van der Waals surface area contributed by atoms with E-state index >= 15 is 0 Å². The van der Waals surface area contributed by atoms with Crippen molar-refractivity contribution in [3.63, 3.8) is 0 Å². The van der Waals surface area contributed by atoms with E-state index in [-0.39, 0.29) is 5.82 Å². The molecule has 0 unspecified atom stereocenters. The lowest BCUT2D eigenvalue weighted by Crippen LogP contribution is -1.93. The van der Waals surface area contributed by atoms with E-state index in [0.29, 0.717) is 0 Å². The predicted molar refractivity (Wildman–Crippen MR) is 88.4 cm³/mol. The van der Waals surface area contributed by atoms with Gasteiger partial charge in [-0.3, -0.25) is 0 Å². The molecule has 4 rings (SSSR count). The Bertz CT molecular complexity index is 954. The highest BCUT2D eigenvalue weighted by atomic mass is 79.9. The van der Waals surface area contributed by atoms with E-state index in [9.17, 15) is 4.39 Å². The van der Waals surface area contributed by atoms with Crippen LogP contribution in [0.25, 0.3) is 27.5 Å². The molecule has 0 saturated heterocycles. The first-order valence-electron chi connectivity index (χ1n) is 6.69.